The van der Waals surface area contributed by atoms with Crippen LogP contribution in [-0.2, 0) is 13.0 Å². The minimum atomic E-state index is -0.341. The minimum absolute atomic E-state index is 0.341. The van der Waals surface area contributed by atoms with Crippen LogP contribution in [0.2, 0.25) is 0 Å². The normalized spacial score (nSPS) is 10.5. The smallest absolute Gasteiger partial charge is 0.336 e. The molecule has 2 aromatic carbocycles. The van der Waals surface area contributed by atoms with Crippen LogP contribution >= 0.6 is 0 Å². The van der Waals surface area contributed by atoms with Crippen LogP contribution in [0.4, 0.5) is 5.69 Å². The first-order valence-electron chi connectivity index (χ1n) is 7.80. The number of aryl methyl sites for hydroxylation is 2. The summed E-state index contributed by atoms with van der Waals surface area (Å²) in [6.07, 6.45) is 0.406. The Bertz CT molecular complexity index is 979. The second-order valence-corrected chi connectivity index (χ2v) is 5.91. The molecular formula is C20H18N2O2. The van der Waals surface area contributed by atoms with E-state index in [0.717, 1.165) is 27.8 Å². The van der Waals surface area contributed by atoms with Gasteiger partial charge in [-0.3, -0.25) is 0 Å². The summed E-state index contributed by atoms with van der Waals surface area (Å²) in [5.41, 5.74) is 5.38. The fourth-order valence-corrected chi connectivity index (χ4v) is 2.66. The van der Waals surface area contributed by atoms with Crippen molar-refractivity contribution in [3.05, 3.63) is 75.1 Å². The van der Waals surface area contributed by atoms with Crippen LogP contribution in [0, 0.1) is 25.2 Å². The predicted octanol–water partition coefficient (Wildman–Crippen LogP) is 4.09. The number of fused-ring (bicyclic) bond motifs is 1. The Kier molecular flexibility index (Phi) is 4.35. The zero-order valence-electron chi connectivity index (χ0n) is 13.7. The maximum Gasteiger partial charge on any atom is 0.336 e. The zero-order chi connectivity index (χ0) is 17.1. The van der Waals surface area contributed by atoms with Gasteiger partial charge in [0.1, 0.15) is 5.58 Å². The highest BCUT2D eigenvalue weighted by Crippen LogP contribution is 2.22. The molecule has 120 valence electrons. The molecule has 24 heavy (non-hydrogen) atoms. The van der Waals surface area contributed by atoms with E-state index in [1.54, 1.807) is 0 Å². The van der Waals surface area contributed by atoms with E-state index in [4.69, 9.17) is 9.68 Å². The number of benzene rings is 2. The van der Waals surface area contributed by atoms with E-state index in [0.29, 0.717) is 18.5 Å². The summed E-state index contributed by atoms with van der Waals surface area (Å²) < 4.78 is 5.32. The Labute approximate surface area is 140 Å². The van der Waals surface area contributed by atoms with E-state index in [9.17, 15) is 4.79 Å². The Morgan fingerprint density at radius 3 is 2.50 bits per heavy atom. The Balaban J connectivity index is 1.88. The molecule has 1 N–H and O–H groups in total. The fraction of sp³-hybridized carbons (Fsp3) is 0.200. The van der Waals surface area contributed by atoms with Crippen molar-refractivity contribution in [2.24, 2.45) is 0 Å². The van der Waals surface area contributed by atoms with Crippen molar-refractivity contribution in [1.29, 1.82) is 5.26 Å². The van der Waals surface area contributed by atoms with Crippen LogP contribution in [-0.4, -0.2) is 0 Å². The molecule has 3 aromatic rings. The van der Waals surface area contributed by atoms with Gasteiger partial charge < -0.3 is 9.73 Å². The van der Waals surface area contributed by atoms with Crippen LogP contribution < -0.4 is 10.9 Å². The molecule has 0 unspecified atom stereocenters. The minimum Gasteiger partial charge on any atom is -0.423 e. The molecule has 3 rings (SSSR count). The third-order valence-corrected chi connectivity index (χ3v) is 4.16. The van der Waals surface area contributed by atoms with E-state index in [1.165, 1.54) is 11.6 Å². The van der Waals surface area contributed by atoms with E-state index >= 15 is 0 Å². The van der Waals surface area contributed by atoms with E-state index in [2.05, 4.69) is 17.5 Å². The van der Waals surface area contributed by atoms with Gasteiger partial charge in [-0.15, -0.1) is 0 Å². The summed E-state index contributed by atoms with van der Waals surface area (Å²) in [5, 5.41) is 13.0. The van der Waals surface area contributed by atoms with Gasteiger partial charge in [0, 0.05) is 23.7 Å². The molecule has 0 amide bonds. The highest BCUT2D eigenvalue weighted by Gasteiger charge is 2.08. The van der Waals surface area contributed by atoms with E-state index in [-0.39, 0.29) is 5.63 Å². The molecule has 0 aliphatic heterocycles. The summed E-state index contributed by atoms with van der Waals surface area (Å²) >= 11 is 0. The lowest BCUT2D eigenvalue weighted by atomic mass is 10.0. The fourth-order valence-electron chi connectivity index (χ4n) is 2.66. The average molecular weight is 318 g/mol. The Morgan fingerprint density at radius 1 is 1.08 bits per heavy atom. The van der Waals surface area contributed by atoms with Crippen LogP contribution in [0.5, 0.6) is 0 Å². The third-order valence-electron chi connectivity index (χ3n) is 4.16. The SMILES string of the molecule is Cc1cc2oc(=O)cc(CNc3ccc(CC#N)cc3)c2cc1C. The second kappa shape index (κ2) is 6.59. The van der Waals surface area contributed by atoms with Crippen molar-refractivity contribution >= 4 is 16.7 Å². The summed E-state index contributed by atoms with van der Waals surface area (Å²) in [6, 6.07) is 15.4. The number of hydrogen-bond donors (Lipinski definition) is 1. The zero-order valence-corrected chi connectivity index (χ0v) is 13.7. The van der Waals surface area contributed by atoms with E-state index in [1.807, 2.05) is 44.2 Å². The lowest BCUT2D eigenvalue weighted by Gasteiger charge is -2.10. The number of anilines is 1. The number of rotatable bonds is 4. The number of nitriles is 1. The van der Waals surface area contributed by atoms with Gasteiger partial charge in [-0.05, 0) is 60.4 Å². The maximum absolute atomic E-state index is 11.8. The molecule has 1 aromatic heterocycles. The summed E-state index contributed by atoms with van der Waals surface area (Å²) in [7, 11) is 0. The largest absolute Gasteiger partial charge is 0.423 e. The van der Waals surface area contributed by atoms with Gasteiger partial charge >= 0.3 is 5.63 Å². The van der Waals surface area contributed by atoms with Gasteiger partial charge in [-0.1, -0.05) is 12.1 Å². The van der Waals surface area contributed by atoms with Gasteiger partial charge in [0.2, 0.25) is 0 Å². The van der Waals surface area contributed by atoms with Gasteiger partial charge in [-0.2, -0.15) is 5.26 Å². The molecule has 1 heterocycles. The van der Waals surface area contributed by atoms with Crippen molar-refractivity contribution in [3.8, 4) is 6.07 Å². The first kappa shape index (κ1) is 15.8. The van der Waals surface area contributed by atoms with Crippen molar-refractivity contribution < 1.29 is 4.42 Å². The maximum atomic E-state index is 11.8. The molecule has 0 aliphatic rings. The third kappa shape index (κ3) is 3.31. The molecule has 0 aliphatic carbocycles. The van der Waals surface area contributed by atoms with Crippen molar-refractivity contribution in [3.63, 3.8) is 0 Å². The molecule has 4 nitrogen and oxygen atoms in total. The van der Waals surface area contributed by atoms with E-state index < -0.39 is 0 Å². The highest BCUT2D eigenvalue weighted by molar-refractivity contribution is 5.82. The predicted molar refractivity (Wildman–Crippen MR) is 95.0 cm³/mol. The molecule has 0 bridgehead atoms. The molecule has 0 radical (unpaired) electrons. The number of nitrogens with zero attached hydrogens (tertiary/aromatic N) is 1. The summed E-state index contributed by atoms with van der Waals surface area (Å²) in [6.45, 7) is 4.58. The topological polar surface area (TPSA) is 66.0 Å². The van der Waals surface area contributed by atoms with Gasteiger partial charge in [0.05, 0.1) is 12.5 Å². The number of nitrogens with one attached hydrogen (secondary N) is 1. The molecule has 0 fully saturated rings. The monoisotopic (exact) mass is 318 g/mol. The van der Waals surface area contributed by atoms with Crippen molar-refractivity contribution in [2.45, 2.75) is 26.8 Å². The molecular weight excluding hydrogens is 300 g/mol. The molecule has 4 heteroatoms. The second-order valence-electron chi connectivity index (χ2n) is 5.91. The first-order valence-corrected chi connectivity index (χ1v) is 7.80. The lowest BCUT2D eigenvalue weighted by Crippen LogP contribution is -2.06. The summed E-state index contributed by atoms with van der Waals surface area (Å²) in [4.78, 5) is 11.8. The number of hydrogen-bond acceptors (Lipinski definition) is 4. The van der Waals surface area contributed by atoms with Crippen molar-refractivity contribution in [1.82, 2.24) is 0 Å². The molecule has 0 atom stereocenters. The van der Waals surface area contributed by atoms with Crippen LogP contribution in [0.15, 0.2) is 51.7 Å². The van der Waals surface area contributed by atoms with Crippen LogP contribution in [0.1, 0.15) is 22.3 Å². The van der Waals surface area contributed by atoms with Crippen molar-refractivity contribution in [2.75, 3.05) is 5.32 Å². The van der Waals surface area contributed by atoms with Crippen LogP contribution in [0.25, 0.3) is 11.0 Å². The van der Waals surface area contributed by atoms with Gasteiger partial charge in [0.15, 0.2) is 0 Å². The quantitative estimate of drug-likeness (QED) is 0.736. The lowest BCUT2D eigenvalue weighted by molar-refractivity contribution is 0.559. The first-order chi connectivity index (χ1) is 11.6. The Morgan fingerprint density at radius 2 is 1.79 bits per heavy atom. The molecule has 0 saturated carbocycles. The Hall–Kier alpha value is -3.06. The highest BCUT2D eigenvalue weighted by atomic mass is 16.4. The molecule has 0 spiro atoms. The van der Waals surface area contributed by atoms with Crippen LogP contribution in [0.3, 0.4) is 0 Å². The molecule has 0 saturated heterocycles. The standard InChI is InChI=1S/C20H18N2O2/c1-13-9-18-16(11-20(23)24-19(18)10-14(13)2)12-22-17-5-3-15(4-6-17)7-8-21/h3-6,9-11,22H,7,12H2,1-2H3. The summed E-state index contributed by atoms with van der Waals surface area (Å²) in [5.74, 6) is 0. The van der Waals surface area contributed by atoms with Gasteiger partial charge in [0.25, 0.3) is 0 Å². The average Bonchev–Trinajstić information content (AvgIpc) is 2.56. The van der Waals surface area contributed by atoms with Gasteiger partial charge in [-0.25, -0.2) is 4.79 Å².